The molecular formula is C22H30O6. The minimum atomic E-state index is -1.89. The lowest BCUT2D eigenvalue weighted by atomic mass is 9.36. The zero-order valence-electron chi connectivity index (χ0n) is 16.7. The summed E-state index contributed by atoms with van der Waals surface area (Å²) >= 11 is 0. The Morgan fingerprint density at radius 3 is 2.82 bits per heavy atom. The molecule has 2 saturated heterocycles. The molecule has 2 N–H and O–H groups in total. The number of esters is 1. The number of carbonyl (C=O) groups is 2. The van der Waals surface area contributed by atoms with E-state index in [4.69, 9.17) is 9.47 Å². The second-order valence-electron chi connectivity index (χ2n) is 10.3. The maximum absolute atomic E-state index is 13.4. The van der Waals surface area contributed by atoms with Crippen LogP contribution in [0.3, 0.4) is 0 Å². The maximum atomic E-state index is 13.4. The lowest BCUT2D eigenvalue weighted by Crippen LogP contribution is -2.81. The van der Waals surface area contributed by atoms with Crippen molar-refractivity contribution in [1.82, 2.24) is 0 Å². The Morgan fingerprint density at radius 2 is 2.11 bits per heavy atom. The molecule has 6 rings (SSSR count). The van der Waals surface area contributed by atoms with Crippen molar-refractivity contribution in [2.45, 2.75) is 64.3 Å². The van der Waals surface area contributed by atoms with Crippen molar-refractivity contribution in [2.75, 3.05) is 13.2 Å². The normalized spacial score (nSPS) is 54.3. The molecule has 8 atom stereocenters. The Balaban J connectivity index is 1.65. The summed E-state index contributed by atoms with van der Waals surface area (Å²) in [5.74, 6) is -2.58. The summed E-state index contributed by atoms with van der Waals surface area (Å²) < 4.78 is 11.4. The maximum Gasteiger partial charge on any atom is 0.302 e. The summed E-state index contributed by atoms with van der Waals surface area (Å²) in [7, 11) is 0. The van der Waals surface area contributed by atoms with Crippen molar-refractivity contribution in [3.05, 3.63) is 12.2 Å². The highest BCUT2D eigenvalue weighted by Gasteiger charge is 2.83. The summed E-state index contributed by atoms with van der Waals surface area (Å²) in [5.41, 5.74) is -1.34. The number of hydrogen-bond acceptors (Lipinski definition) is 6. The van der Waals surface area contributed by atoms with Gasteiger partial charge in [-0.2, -0.15) is 0 Å². The van der Waals surface area contributed by atoms with Crippen molar-refractivity contribution in [3.63, 3.8) is 0 Å². The van der Waals surface area contributed by atoms with E-state index >= 15 is 0 Å². The monoisotopic (exact) mass is 390 g/mol. The number of ether oxygens (including phenoxy) is 2. The molecule has 0 aromatic carbocycles. The third-order valence-corrected chi connectivity index (χ3v) is 9.13. The second-order valence-corrected chi connectivity index (χ2v) is 10.3. The van der Waals surface area contributed by atoms with Gasteiger partial charge in [-0.1, -0.05) is 19.9 Å². The zero-order valence-corrected chi connectivity index (χ0v) is 16.7. The number of aliphatic hydroxyl groups excluding tert-OH is 1. The summed E-state index contributed by atoms with van der Waals surface area (Å²) in [6.45, 7) is 8.02. The number of rotatable bonds is 2. The second kappa shape index (κ2) is 5.46. The molecule has 4 saturated carbocycles. The zero-order chi connectivity index (χ0) is 20.1. The van der Waals surface area contributed by atoms with Gasteiger partial charge in [-0.25, -0.2) is 0 Å². The van der Waals surface area contributed by atoms with Crippen LogP contribution in [0.5, 0.6) is 0 Å². The molecule has 6 heteroatoms. The summed E-state index contributed by atoms with van der Waals surface area (Å²) in [4.78, 5) is 24.9. The molecule has 0 aromatic heterocycles. The molecule has 6 nitrogen and oxygen atoms in total. The van der Waals surface area contributed by atoms with Crippen molar-refractivity contribution in [2.24, 2.45) is 34.0 Å². The summed E-state index contributed by atoms with van der Waals surface area (Å²) in [6, 6.07) is 0. The quantitative estimate of drug-likeness (QED) is 0.553. The third-order valence-electron chi connectivity index (χ3n) is 9.13. The van der Waals surface area contributed by atoms with Crippen LogP contribution in [0, 0.1) is 34.0 Å². The Kier molecular flexibility index (Phi) is 3.66. The molecule has 0 radical (unpaired) electrons. The van der Waals surface area contributed by atoms with Gasteiger partial charge in [-0.05, 0) is 49.5 Å². The number of Topliss-reactive ketones (excluding diaryl/α,β-unsaturated/α-hetero) is 1. The van der Waals surface area contributed by atoms with E-state index in [1.807, 2.05) is 6.92 Å². The molecule has 2 heterocycles. The van der Waals surface area contributed by atoms with Gasteiger partial charge in [0.25, 0.3) is 0 Å². The van der Waals surface area contributed by atoms with Crippen molar-refractivity contribution >= 4 is 11.8 Å². The molecule has 4 bridgehead atoms. The first-order valence-corrected chi connectivity index (χ1v) is 10.5. The molecular weight excluding hydrogens is 360 g/mol. The summed E-state index contributed by atoms with van der Waals surface area (Å²) in [6.07, 6.45) is 3.67. The van der Waals surface area contributed by atoms with Crippen molar-refractivity contribution < 1.29 is 29.3 Å². The minimum Gasteiger partial charge on any atom is -0.465 e. The van der Waals surface area contributed by atoms with E-state index in [-0.39, 0.29) is 41.5 Å². The minimum absolute atomic E-state index is 0.0351. The van der Waals surface area contributed by atoms with Crippen LogP contribution in [-0.2, 0) is 19.1 Å². The number of aliphatic hydroxyl groups is 2. The highest BCUT2D eigenvalue weighted by Crippen LogP contribution is 2.76. The third kappa shape index (κ3) is 1.86. The van der Waals surface area contributed by atoms with Gasteiger partial charge in [0.15, 0.2) is 5.78 Å². The van der Waals surface area contributed by atoms with E-state index in [0.29, 0.717) is 18.6 Å². The molecule has 1 unspecified atom stereocenters. The van der Waals surface area contributed by atoms with Crippen LogP contribution in [0.2, 0.25) is 0 Å². The van der Waals surface area contributed by atoms with Crippen LogP contribution >= 0.6 is 0 Å². The molecule has 0 aromatic rings. The van der Waals surface area contributed by atoms with E-state index in [9.17, 15) is 19.8 Å². The molecule has 4 aliphatic carbocycles. The Bertz CT molecular complexity index is 777. The van der Waals surface area contributed by atoms with E-state index in [2.05, 4.69) is 6.58 Å². The molecule has 6 aliphatic rings. The van der Waals surface area contributed by atoms with Crippen LogP contribution in [0.25, 0.3) is 0 Å². The standard InChI is InChI=1S/C22H30O6/c1-12-14-5-6-15-20-8-4-7-19(3,10-27-13(2)23)16(20)18(25)22(26,28-11-20)21(15,9-14)17(12)24/h14-16,18,25-26H,1,4-11H2,2-3H3/t14-,15-,16+,18?,19-,20+,21-,22-/m0/s1. The number of allylic oxidation sites excluding steroid dienone is 1. The SMILES string of the molecule is C=C1C(=O)[C@]23C[C@@H]1CC[C@H]2[C@]12CCC[C@@](C)(COC(C)=O)[C@H]1C(O)[C@]3(O)OC2. The van der Waals surface area contributed by atoms with E-state index in [1.54, 1.807) is 0 Å². The number of fused-ring (bicyclic) bond motifs is 2. The van der Waals surface area contributed by atoms with Crippen LogP contribution in [0.1, 0.15) is 52.4 Å². The van der Waals surface area contributed by atoms with Crippen molar-refractivity contribution in [3.8, 4) is 0 Å². The van der Waals surface area contributed by atoms with E-state index in [0.717, 1.165) is 32.1 Å². The molecule has 2 spiro atoms. The number of ketones is 1. The van der Waals surface area contributed by atoms with Gasteiger partial charge in [0.1, 0.15) is 6.10 Å². The Labute approximate surface area is 165 Å². The van der Waals surface area contributed by atoms with Crippen LogP contribution in [0.4, 0.5) is 0 Å². The fourth-order valence-corrected chi connectivity index (χ4v) is 8.16. The van der Waals surface area contributed by atoms with Gasteiger partial charge in [-0.15, -0.1) is 0 Å². The van der Waals surface area contributed by atoms with Gasteiger partial charge in [0.2, 0.25) is 5.79 Å². The first-order chi connectivity index (χ1) is 13.1. The molecule has 0 amide bonds. The molecule has 154 valence electrons. The van der Waals surface area contributed by atoms with Gasteiger partial charge in [0.05, 0.1) is 18.6 Å². The molecule has 6 fully saturated rings. The van der Waals surface area contributed by atoms with E-state index in [1.165, 1.54) is 6.92 Å². The van der Waals surface area contributed by atoms with Gasteiger partial charge >= 0.3 is 5.97 Å². The lowest BCUT2D eigenvalue weighted by Gasteiger charge is -2.73. The molecule has 2 aliphatic heterocycles. The first-order valence-electron chi connectivity index (χ1n) is 10.5. The van der Waals surface area contributed by atoms with Crippen LogP contribution in [-0.4, -0.2) is 47.1 Å². The van der Waals surface area contributed by atoms with Crippen LogP contribution < -0.4 is 0 Å². The fraction of sp³-hybridized carbons (Fsp3) is 0.818. The summed E-state index contributed by atoms with van der Waals surface area (Å²) in [5, 5.41) is 23.3. The largest absolute Gasteiger partial charge is 0.465 e. The first kappa shape index (κ1) is 18.8. The Morgan fingerprint density at radius 1 is 1.36 bits per heavy atom. The van der Waals surface area contributed by atoms with Gasteiger partial charge in [0, 0.05) is 23.7 Å². The number of hydrogen-bond donors (Lipinski definition) is 2. The highest BCUT2D eigenvalue weighted by atomic mass is 16.6. The van der Waals surface area contributed by atoms with Crippen molar-refractivity contribution in [1.29, 1.82) is 0 Å². The predicted octanol–water partition coefficient (Wildman–Crippen LogP) is 1.98. The highest BCUT2D eigenvalue weighted by molar-refractivity contribution is 6.04. The van der Waals surface area contributed by atoms with Crippen LogP contribution in [0.15, 0.2) is 12.2 Å². The molecule has 28 heavy (non-hydrogen) atoms. The Hall–Kier alpha value is -1.24. The average Bonchev–Trinajstić information content (AvgIpc) is 2.84. The van der Waals surface area contributed by atoms with Gasteiger partial charge in [-0.3, -0.25) is 9.59 Å². The topological polar surface area (TPSA) is 93.1 Å². The number of carbonyl (C=O) groups excluding carboxylic acids is 2. The van der Waals surface area contributed by atoms with E-state index < -0.39 is 22.7 Å². The predicted molar refractivity (Wildman–Crippen MR) is 98.8 cm³/mol. The van der Waals surface area contributed by atoms with Gasteiger partial charge < -0.3 is 19.7 Å². The lowest BCUT2D eigenvalue weighted by molar-refractivity contribution is -0.439. The average molecular weight is 390 g/mol. The fourth-order valence-electron chi connectivity index (χ4n) is 8.16. The smallest absolute Gasteiger partial charge is 0.302 e.